The Morgan fingerprint density at radius 3 is 1.91 bits per heavy atom. The zero-order valence-corrected chi connectivity index (χ0v) is 31.4. The molecule has 54 heavy (non-hydrogen) atoms. The van der Waals surface area contributed by atoms with E-state index in [1.807, 2.05) is 6.08 Å². The highest BCUT2D eigenvalue weighted by Crippen LogP contribution is 2.52. The highest BCUT2D eigenvalue weighted by Gasteiger charge is 2.37. The molecule has 0 saturated heterocycles. The molecule has 0 radical (unpaired) electrons. The van der Waals surface area contributed by atoms with Crippen LogP contribution < -0.4 is 4.90 Å². The number of benzene rings is 6. The van der Waals surface area contributed by atoms with Crippen LogP contribution in [0.4, 0.5) is 17.1 Å². The van der Waals surface area contributed by atoms with E-state index in [1.165, 1.54) is 77.9 Å². The molecule has 262 valence electrons. The molecule has 0 heterocycles. The van der Waals surface area contributed by atoms with Gasteiger partial charge in [0.05, 0.1) is 0 Å². The molecular formula is C53H45N. The van der Waals surface area contributed by atoms with Gasteiger partial charge in [0.2, 0.25) is 0 Å². The van der Waals surface area contributed by atoms with E-state index in [9.17, 15) is 0 Å². The molecule has 0 spiro atoms. The molecule has 0 fully saturated rings. The van der Waals surface area contributed by atoms with E-state index in [4.69, 9.17) is 0 Å². The Bertz CT molecular complexity index is 2530. The Kier molecular flexibility index (Phi) is 8.51. The van der Waals surface area contributed by atoms with E-state index in [1.54, 1.807) is 0 Å². The molecule has 3 aliphatic rings. The van der Waals surface area contributed by atoms with Crippen LogP contribution in [0, 0.1) is 0 Å². The Labute approximate surface area is 320 Å². The summed E-state index contributed by atoms with van der Waals surface area (Å²) in [6.45, 7) is 11.1. The van der Waals surface area contributed by atoms with Crippen molar-refractivity contribution in [3.05, 3.63) is 215 Å². The maximum absolute atomic E-state index is 4.20. The number of hydrogen-bond acceptors (Lipinski definition) is 1. The smallest absolute Gasteiger partial charge is 0.0462 e. The lowest BCUT2D eigenvalue weighted by molar-refractivity contribution is 0.662. The fourth-order valence-electron chi connectivity index (χ4n) is 9.12. The van der Waals surface area contributed by atoms with E-state index in [0.717, 1.165) is 36.3 Å². The summed E-state index contributed by atoms with van der Waals surface area (Å²) < 4.78 is 0. The van der Waals surface area contributed by atoms with Crippen molar-refractivity contribution < 1.29 is 0 Å². The van der Waals surface area contributed by atoms with Crippen LogP contribution in [0.5, 0.6) is 0 Å². The molecule has 1 heteroatoms. The standard InChI is InChI=1S/C53H45N/c1-5-44(50-35-40-17-10-11-18-46(40)45(50)6-2)38-25-31-42(32-26-38)54(41-29-23-37(24-30-41)36-15-8-7-9-16-36)43-33-27-39(28-34-43)47-20-14-21-49-48-19-12-13-22-51(48)53(3,4)52(47)49/h5-6,8,10-34H,2,7,9,35H2,1,3-4H3/b44-5-. The van der Waals surface area contributed by atoms with E-state index < -0.39 is 0 Å². The van der Waals surface area contributed by atoms with Crippen LogP contribution >= 0.6 is 0 Å². The topological polar surface area (TPSA) is 3.24 Å². The van der Waals surface area contributed by atoms with Gasteiger partial charge in [-0.25, -0.2) is 0 Å². The molecule has 6 aromatic rings. The van der Waals surface area contributed by atoms with Gasteiger partial charge in [0.1, 0.15) is 0 Å². The molecular weight excluding hydrogens is 651 g/mol. The lowest BCUT2D eigenvalue weighted by Gasteiger charge is -2.27. The van der Waals surface area contributed by atoms with Crippen molar-refractivity contribution in [2.24, 2.45) is 0 Å². The number of fused-ring (bicyclic) bond motifs is 4. The van der Waals surface area contributed by atoms with Gasteiger partial charge in [-0.15, -0.1) is 0 Å². The van der Waals surface area contributed by atoms with Gasteiger partial charge < -0.3 is 4.90 Å². The number of nitrogens with zero attached hydrogens (tertiary/aromatic N) is 1. The summed E-state index contributed by atoms with van der Waals surface area (Å²) >= 11 is 0. The van der Waals surface area contributed by atoms with Gasteiger partial charge in [-0.05, 0) is 141 Å². The van der Waals surface area contributed by atoms with Gasteiger partial charge in [-0.3, -0.25) is 0 Å². The first kappa shape index (κ1) is 33.6. The van der Waals surface area contributed by atoms with Gasteiger partial charge in [0.25, 0.3) is 0 Å². The molecule has 3 aliphatic carbocycles. The molecule has 0 amide bonds. The molecule has 9 rings (SSSR count). The third-order valence-corrected chi connectivity index (χ3v) is 11.7. The van der Waals surface area contributed by atoms with Crippen LogP contribution in [0.2, 0.25) is 0 Å². The summed E-state index contributed by atoms with van der Waals surface area (Å²) in [4.78, 5) is 2.38. The summed E-state index contributed by atoms with van der Waals surface area (Å²) in [5, 5.41) is 0. The molecule has 0 bridgehead atoms. The number of hydrogen-bond donors (Lipinski definition) is 0. The minimum atomic E-state index is -0.0742. The second kappa shape index (κ2) is 13.7. The fourth-order valence-corrected chi connectivity index (χ4v) is 9.12. The maximum Gasteiger partial charge on any atom is 0.0462 e. The lowest BCUT2D eigenvalue weighted by atomic mass is 9.79. The van der Waals surface area contributed by atoms with Crippen molar-refractivity contribution in [3.8, 4) is 22.3 Å². The van der Waals surface area contributed by atoms with Crippen molar-refractivity contribution >= 4 is 33.8 Å². The highest BCUT2D eigenvalue weighted by atomic mass is 15.1. The summed E-state index contributed by atoms with van der Waals surface area (Å²) in [5.74, 6) is 0. The third-order valence-electron chi connectivity index (χ3n) is 11.7. The highest BCUT2D eigenvalue weighted by molar-refractivity contribution is 5.97. The first-order valence-corrected chi connectivity index (χ1v) is 19.3. The van der Waals surface area contributed by atoms with Crippen LogP contribution in [-0.4, -0.2) is 0 Å². The molecule has 0 atom stereocenters. The largest absolute Gasteiger partial charge is 0.311 e. The first-order valence-electron chi connectivity index (χ1n) is 19.3. The average Bonchev–Trinajstić information content (AvgIpc) is 3.71. The van der Waals surface area contributed by atoms with E-state index in [-0.39, 0.29) is 5.41 Å². The number of anilines is 3. The molecule has 0 aliphatic heterocycles. The van der Waals surface area contributed by atoms with Crippen LogP contribution in [-0.2, 0) is 11.8 Å². The van der Waals surface area contributed by atoms with Crippen LogP contribution in [0.3, 0.4) is 0 Å². The summed E-state index contributed by atoms with van der Waals surface area (Å²) in [7, 11) is 0. The zero-order valence-electron chi connectivity index (χ0n) is 31.4. The van der Waals surface area contributed by atoms with Crippen molar-refractivity contribution in [1.82, 2.24) is 0 Å². The van der Waals surface area contributed by atoms with Crippen molar-refractivity contribution in [2.45, 2.75) is 45.4 Å². The van der Waals surface area contributed by atoms with Crippen LogP contribution in [0.15, 0.2) is 182 Å². The van der Waals surface area contributed by atoms with Gasteiger partial charge in [0.15, 0.2) is 0 Å². The number of rotatable bonds is 8. The predicted octanol–water partition coefficient (Wildman–Crippen LogP) is 14.5. The van der Waals surface area contributed by atoms with Gasteiger partial charge in [-0.2, -0.15) is 0 Å². The molecule has 0 aromatic heterocycles. The molecule has 1 nitrogen and oxygen atoms in total. The van der Waals surface area contributed by atoms with Gasteiger partial charge in [0, 0.05) is 22.5 Å². The van der Waals surface area contributed by atoms with E-state index >= 15 is 0 Å². The molecule has 0 N–H and O–H groups in total. The second-order valence-corrected chi connectivity index (χ2v) is 15.1. The second-order valence-electron chi connectivity index (χ2n) is 15.1. The van der Waals surface area contributed by atoms with E-state index in [0.29, 0.717) is 0 Å². The third kappa shape index (κ3) is 5.63. The van der Waals surface area contributed by atoms with Crippen molar-refractivity contribution in [2.75, 3.05) is 4.90 Å². The predicted molar refractivity (Wildman–Crippen MR) is 231 cm³/mol. The summed E-state index contributed by atoms with van der Waals surface area (Å²) in [5.41, 5.74) is 21.6. The minimum absolute atomic E-state index is 0.0742. The summed E-state index contributed by atoms with van der Waals surface area (Å²) in [6.07, 6.45) is 14.3. The zero-order chi connectivity index (χ0) is 36.8. The van der Waals surface area contributed by atoms with Gasteiger partial charge in [-0.1, -0.05) is 154 Å². The van der Waals surface area contributed by atoms with Crippen molar-refractivity contribution in [3.63, 3.8) is 0 Å². The monoisotopic (exact) mass is 695 g/mol. The van der Waals surface area contributed by atoms with Gasteiger partial charge >= 0.3 is 0 Å². The average molecular weight is 696 g/mol. The normalized spacial score (nSPS) is 15.4. The summed E-state index contributed by atoms with van der Waals surface area (Å²) in [6, 6.07) is 51.7. The quantitative estimate of drug-likeness (QED) is 0.153. The Hall–Kier alpha value is -6.18. The Balaban J connectivity index is 1.09. The molecule has 0 unspecified atom stereocenters. The fraction of sp³-hybridized carbons (Fsp3) is 0.132. The number of allylic oxidation sites excluding steroid dienone is 9. The Morgan fingerprint density at radius 1 is 0.630 bits per heavy atom. The molecule has 0 saturated carbocycles. The maximum atomic E-state index is 4.20. The minimum Gasteiger partial charge on any atom is -0.311 e. The SMILES string of the molecule is C=CC1=C(/C(=C\C)c2ccc(N(c3ccc(C4=CCCC=C4)cc3)c3ccc(-c4cccc5c4C(C)(C)c4ccccc4-5)cc3)cc2)Cc2ccccc21. The van der Waals surface area contributed by atoms with Crippen LogP contribution in [0.25, 0.3) is 39.0 Å². The van der Waals surface area contributed by atoms with Crippen molar-refractivity contribution in [1.29, 1.82) is 0 Å². The van der Waals surface area contributed by atoms with Crippen LogP contribution in [0.1, 0.15) is 67.0 Å². The first-order chi connectivity index (χ1) is 26.5. The lowest BCUT2D eigenvalue weighted by Crippen LogP contribution is -2.16. The Morgan fingerprint density at radius 2 is 1.24 bits per heavy atom. The van der Waals surface area contributed by atoms with E-state index in [2.05, 4.69) is 196 Å². The molecule has 6 aromatic carbocycles.